The first kappa shape index (κ1) is 20.1. The molecule has 4 nitrogen and oxygen atoms in total. The predicted molar refractivity (Wildman–Crippen MR) is 112 cm³/mol. The van der Waals surface area contributed by atoms with Crippen LogP contribution >= 0.6 is 15.9 Å². The Labute approximate surface area is 171 Å². The van der Waals surface area contributed by atoms with E-state index in [9.17, 15) is 14.1 Å². The number of nitroso groups, excluding NO2 is 1. The highest BCUT2D eigenvalue weighted by Crippen LogP contribution is 2.37. The lowest BCUT2D eigenvalue weighted by Crippen LogP contribution is -2.16. The van der Waals surface area contributed by atoms with Gasteiger partial charge in [-0.25, -0.2) is 4.39 Å². The van der Waals surface area contributed by atoms with Gasteiger partial charge >= 0.3 is 0 Å². The molecule has 0 aliphatic carbocycles. The highest BCUT2D eigenvalue weighted by molar-refractivity contribution is 9.10. The predicted octanol–water partition coefficient (Wildman–Crippen LogP) is 5.63. The SMILES string of the molecule is Cc1ccc(C(CC(N=O)c2ccc(=O)n(C)c2)c2ccc(Br)cc2)c(F)c1. The number of rotatable bonds is 6. The van der Waals surface area contributed by atoms with E-state index in [1.807, 2.05) is 37.3 Å². The fourth-order valence-corrected chi connectivity index (χ4v) is 3.59. The Balaban J connectivity index is 2.04. The van der Waals surface area contributed by atoms with Gasteiger partial charge in [-0.1, -0.05) is 45.4 Å². The summed E-state index contributed by atoms with van der Waals surface area (Å²) in [5, 5.41) is 3.29. The first-order chi connectivity index (χ1) is 13.4. The molecule has 3 aromatic rings. The molecule has 0 saturated heterocycles. The standard InChI is InChI=1S/C22H20BrFN2O2/c1-14-3-9-18(20(24)11-14)19(15-4-7-17(23)8-5-15)12-21(25-28)16-6-10-22(27)26(2)13-16/h3-11,13,19,21H,12H2,1-2H3. The first-order valence-corrected chi connectivity index (χ1v) is 9.69. The molecule has 0 aliphatic heterocycles. The fourth-order valence-electron chi connectivity index (χ4n) is 3.33. The number of aryl methyl sites for hydroxylation is 2. The van der Waals surface area contributed by atoms with E-state index in [2.05, 4.69) is 21.1 Å². The molecule has 0 amide bonds. The van der Waals surface area contributed by atoms with Crippen LogP contribution in [0.1, 0.15) is 40.6 Å². The Hall–Kier alpha value is -2.60. The highest BCUT2D eigenvalue weighted by atomic mass is 79.9. The Bertz CT molecular complexity index is 1050. The number of pyridine rings is 1. The van der Waals surface area contributed by atoms with Crippen molar-refractivity contribution in [3.63, 3.8) is 0 Å². The van der Waals surface area contributed by atoms with Crippen molar-refractivity contribution in [3.05, 3.63) is 109 Å². The van der Waals surface area contributed by atoms with Crippen LogP contribution in [-0.2, 0) is 7.05 Å². The summed E-state index contributed by atoms with van der Waals surface area (Å²) in [5.74, 6) is -0.660. The van der Waals surface area contributed by atoms with Gasteiger partial charge in [-0.15, -0.1) is 0 Å². The molecule has 2 unspecified atom stereocenters. The molecular weight excluding hydrogens is 423 g/mol. The maximum absolute atomic E-state index is 14.8. The van der Waals surface area contributed by atoms with Crippen LogP contribution in [0.3, 0.4) is 0 Å². The van der Waals surface area contributed by atoms with Crippen molar-refractivity contribution in [3.8, 4) is 0 Å². The van der Waals surface area contributed by atoms with Crippen molar-refractivity contribution in [2.24, 2.45) is 12.2 Å². The Morgan fingerprint density at radius 3 is 2.36 bits per heavy atom. The van der Waals surface area contributed by atoms with Gasteiger partial charge in [0.05, 0.1) is 0 Å². The molecule has 0 N–H and O–H groups in total. The molecular formula is C22H20BrFN2O2. The number of halogens is 2. The van der Waals surface area contributed by atoms with Gasteiger partial charge in [-0.05, 0) is 59.9 Å². The molecule has 0 aliphatic rings. The fraction of sp³-hybridized carbons (Fsp3) is 0.227. The van der Waals surface area contributed by atoms with Crippen LogP contribution in [0, 0.1) is 17.6 Å². The maximum atomic E-state index is 14.8. The van der Waals surface area contributed by atoms with Crippen LogP contribution in [-0.4, -0.2) is 4.57 Å². The van der Waals surface area contributed by atoms with Gasteiger partial charge < -0.3 is 4.57 Å². The van der Waals surface area contributed by atoms with Crippen LogP contribution < -0.4 is 5.56 Å². The van der Waals surface area contributed by atoms with Gasteiger partial charge in [0.1, 0.15) is 11.9 Å². The molecule has 0 saturated carbocycles. The molecule has 0 bridgehead atoms. The zero-order chi connectivity index (χ0) is 20.3. The number of benzene rings is 2. The monoisotopic (exact) mass is 442 g/mol. The van der Waals surface area contributed by atoms with Gasteiger partial charge in [0.2, 0.25) is 5.56 Å². The highest BCUT2D eigenvalue weighted by Gasteiger charge is 2.25. The second-order valence-electron chi connectivity index (χ2n) is 6.90. The molecule has 0 radical (unpaired) electrons. The lowest BCUT2D eigenvalue weighted by molar-refractivity contribution is 0.548. The molecule has 3 rings (SSSR count). The van der Waals surface area contributed by atoms with Crippen LogP contribution in [0.25, 0.3) is 0 Å². The van der Waals surface area contributed by atoms with Crippen molar-refractivity contribution < 1.29 is 4.39 Å². The minimum absolute atomic E-state index is 0.164. The summed E-state index contributed by atoms with van der Waals surface area (Å²) in [7, 11) is 1.62. The molecule has 0 spiro atoms. The van der Waals surface area contributed by atoms with Crippen molar-refractivity contribution in [2.75, 3.05) is 0 Å². The lowest BCUT2D eigenvalue weighted by atomic mass is 9.84. The Morgan fingerprint density at radius 2 is 1.75 bits per heavy atom. The zero-order valence-electron chi connectivity index (χ0n) is 15.6. The third kappa shape index (κ3) is 4.44. The van der Waals surface area contributed by atoms with Crippen molar-refractivity contribution in [2.45, 2.75) is 25.3 Å². The summed E-state index contributed by atoms with van der Waals surface area (Å²) in [6.45, 7) is 1.84. The van der Waals surface area contributed by atoms with Crippen molar-refractivity contribution in [1.82, 2.24) is 4.57 Å². The first-order valence-electron chi connectivity index (χ1n) is 8.89. The summed E-state index contributed by atoms with van der Waals surface area (Å²) in [4.78, 5) is 23.3. The summed E-state index contributed by atoms with van der Waals surface area (Å²) in [6.07, 6.45) is 1.90. The van der Waals surface area contributed by atoms with E-state index in [-0.39, 0.29) is 17.3 Å². The Morgan fingerprint density at radius 1 is 1.07 bits per heavy atom. The molecule has 6 heteroatoms. The van der Waals surface area contributed by atoms with Gasteiger partial charge in [0.15, 0.2) is 0 Å². The topological polar surface area (TPSA) is 51.4 Å². The van der Waals surface area contributed by atoms with Gasteiger partial charge in [0, 0.05) is 29.7 Å². The van der Waals surface area contributed by atoms with Gasteiger partial charge in [-0.3, -0.25) is 4.79 Å². The molecule has 2 atom stereocenters. The zero-order valence-corrected chi connectivity index (χ0v) is 17.2. The van der Waals surface area contributed by atoms with E-state index in [1.165, 1.54) is 16.7 Å². The third-order valence-corrected chi connectivity index (χ3v) is 5.41. The number of hydrogen-bond donors (Lipinski definition) is 0. The van der Waals surface area contributed by atoms with Crippen molar-refractivity contribution in [1.29, 1.82) is 0 Å². The smallest absolute Gasteiger partial charge is 0.250 e. The van der Waals surface area contributed by atoms with Crippen LogP contribution in [0.15, 0.2) is 75.2 Å². The molecule has 28 heavy (non-hydrogen) atoms. The van der Waals surface area contributed by atoms with E-state index < -0.39 is 6.04 Å². The summed E-state index contributed by atoms with van der Waals surface area (Å²) < 4.78 is 17.1. The summed E-state index contributed by atoms with van der Waals surface area (Å²) in [5.41, 5.74) is 2.71. The summed E-state index contributed by atoms with van der Waals surface area (Å²) >= 11 is 3.42. The second-order valence-corrected chi connectivity index (χ2v) is 7.81. The number of hydrogen-bond acceptors (Lipinski definition) is 3. The molecule has 2 aromatic carbocycles. The number of nitrogens with zero attached hydrogens (tertiary/aromatic N) is 2. The minimum Gasteiger partial charge on any atom is -0.318 e. The molecule has 144 valence electrons. The third-order valence-electron chi connectivity index (χ3n) is 4.88. The average molecular weight is 443 g/mol. The minimum atomic E-state index is -0.707. The Kier molecular flexibility index (Phi) is 6.19. The van der Waals surface area contributed by atoms with E-state index in [0.717, 1.165) is 15.6 Å². The number of aromatic nitrogens is 1. The molecule has 1 aromatic heterocycles. The van der Waals surface area contributed by atoms with Crippen molar-refractivity contribution >= 4 is 15.9 Å². The van der Waals surface area contributed by atoms with E-state index in [1.54, 1.807) is 25.4 Å². The largest absolute Gasteiger partial charge is 0.318 e. The van der Waals surface area contributed by atoms with E-state index in [4.69, 9.17) is 0 Å². The maximum Gasteiger partial charge on any atom is 0.250 e. The molecule has 0 fully saturated rings. The van der Waals surface area contributed by atoms with E-state index in [0.29, 0.717) is 17.5 Å². The van der Waals surface area contributed by atoms with Crippen LogP contribution in [0.2, 0.25) is 0 Å². The second kappa shape index (κ2) is 8.61. The van der Waals surface area contributed by atoms with Gasteiger partial charge in [-0.2, -0.15) is 4.91 Å². The van der Waals surface area contributed by atoms with Crippen LogP contribution in [0.5, 0.6) is 0 Å². The van der Waals surface area contributed by atoms with E-state index >= 15 is 0 Å². The quantitative estimate of drug-likeness (QED) is 0.464. The van der Waals surface area contributed by atoms with Crippen LogP contribution in [0.4, 0.5) is 4.39 Å². The molecule has 1 heterocycles. The normalized spacial score (nSPS) is 13.1. The summed E-state index contributed by atoms with van der Waals surface area (Å²) in [6, 6.07) is 15.0. The lowest BCUT2D eigenvalue weighted by Gasteiger charge is -2.22. The van der Waals surface area contributed by atoms with Gasteiger partial charge in [0.25, 0.3) is 0 Å². The average Bonchev–Trinajstić information content (AvgIpc) is 2.67.